The lowest BCUT2D eigenvalue weighted by Crippen LogP contribution is -3.00. The quantitative estimate of drug-likeness (QED) is 0.189. The van der Waals surface area contributed by atoms with E-state index < -0.39 is 0 Å². The summed E-state index contributed by atoms with van der Waals surface area (Å²) in [7, 11) is 3.35. The molecule has 0 atom stereocenters. The lowest BCUT2D eigenvalue weighted by molar-refractivity contribution is -0.686. The largest absolute Gasteiger partial charge is 1.00 e. The van der Waals surface area contributed by atoms with Crippen molar-refractivity contribution < 1.29 is 40.8 Å². The Morgan fingerprint density at radius 2 is 1.74 bits per heavy atom. The van der Waals surface area contributed by atoms with Gasteiger partial charge < -0.3 is 36.3 Å². The normalized spacial score (nSPS) is 15.5. The number of fused-ring (bicyclic) bond motifs is 5. The maximum atomic E-state index is 11.6. The Hall–Kier alpha value is -4.28. The minimum absolute atomic E-state index is 0. The van der Waals surface area contributed by atoms with E-state index in [0.29, 0.717) is 24.5 Å². The summed E-state index contributed by atoms with van der Waals surface area (Å²) in [5, 5.41) is 13.7. The number of methoxy groups -OCH3 is 2. The first kappa shape index (κ1) is 27.9. The van der Waals surface area contributed by atoms with Gasteiger partial charge in [-0.3, -0.25) is 15.0 Å². The fourth-order valence-electron chi connectivity index (χ4n) is 6.33. The zero-order valence-corrected chi connectivity index (χ0v) is 24.2. The summed E-state index contributed by atoms with van der Waals surface area (Å²) in [6, 6.07) is 15.5. The lowest BCUT2D eigenvalue weighted by Gasteiger charge is -2.36. The van der Waals surface area contributed by atoms with Crippen LogP contribution in [0.15, 0.2) is 54.7 Å². The highest BCUT2D eigenvalue weighted by Gasteiger charge is 2.30. The molecule has 7 rings (SSSR count). The van der Waals surface area contributed by atoms with Gasteiger partial charge in [-0.25, -0.2) is 0 Å². The van der Waals surface area contributed by atoms with E-state index in [1.54, 1.807) is 26.4 Å². The molecule has 4 aromatic rings. The van der Waals surface area contributed by atoms with Gasteiger partial charge in [0.2, 0.25) is 12.5 Å². The minimum atomic E-state index is -0.304. The molecule has 0 aliphatic carbocycles. The Kier molecular flexibility index (Phi) is 7.42. The van der Waals surface area contributed by atoms with Crippen molar-refractivity contribution in [3.8, 4) is 34.3 Å². The second-order valence-electron chi connectivity index (χ2n) is 10.6. The zero-order valence-electron chi connectivity index (χ0n) is 23.5. The average molecular weight is 591 g/mol. The Bertz CT molecular complexity index is 1690. The third kappa shape index (κ3) is 4.70. The van der Waals surface area contributed by atoms with E-state index in [2.05, 4.69) is 44.8 Å². The number of nitro benzene ring substituents is 1. The molecule has 0 amide bonds. The van der Waals surface area contributed by atoms with Crippen LogP contribution in [0, 0.1) is 10.1 Å². The first-order valence-electron chi connectivity index (χ1n) is 13.8. The number of hydrogen-bond acceptors (Lipinski definition) is 8. The van der Waals surface area contributed by atoms with Gasteiger partial charge in [0, 0.05) is 56.7 Å². The van der Waals surface area contributed by atoms with Crippen LogP contribution in [0.5, 0.6) is 23.0 Å². The molecule has 3 aliphatic rings. The van der Waals surface area contributed by atoms with Crippen LogP contribution in [0.1, 0.15) is 11.1 Å². The molecule has 3 aromatic carbocycles. The number of ether oxygens (including phenoxy) is 4. The molecule has 0 bridgehead atoms. The second-order valence-corrected chi connectivity index (χ2v) is 10.6. The minimum Gasteiger partial charge on any atom is -1.00 e. The van der Waals surface area contributed by atoms with Gasteiger partial charge in [-0.05, 0) is 35.4 Å². The molecule has 11 heteroatoms. The number of benzene rings is 3. The van der Waals surface area contributed by atoms with Gasteiger partial charge in [0.25, 0.3) is 5.69 Å². The topological polar surface area (TPSA) is 90.4 Å². The van der Waals surface area contributed by atoms with Crippen LogP contribution >= 0.6 is 0 Å². The summed E-state index contributed by atoms with van der Waals surface area (Å²) in [4.78, 5) is 15.8. The van der Waals surface area contributed by atoms with Crippen molar-refractivity contribution in [1.82, 2.24) is 4.90 Å². The van der Waals surface area contributed by atoms with E-state index in [4.69, 9.17) is 18.9 Å². The van der Waals surface area contributed by atoms with Crippen LogP contribution in [0.4, 0.5) is 11.4 Å². The average Bonchev–Trinajstić information content (AvgIpc) is 3.47. The number of para-hydroxylation sites is 2. The van der Waals surface area contributed by atoms with E-state index in [1.165, 1.54) is 5.56 Å². The zero-order chi connectivity index (χ0) is 28.1. The van der Waals surface area contributed by atoms with Gasteiger partial charge in [0.05, 0.1) is 30.1 Å². The number of hydrogen-bond donors (Lipinski definition) is 0. The van der Waals surface area contributed by atoms with Crippen LogP contribution in [0.2, 0.25) is 0 Å². The molecule has 3 aliphatic heterocycles. The van der Waals surface area contributed by atoms with Gasteiger partial charge in [-0.1, -0.05) is 12.1 Å². The van der Waals surface area contributed by atoms with Crippen molar-refractivity contribution in [2.24, 2.45) is 0 Å². The summed E-state index contributed by atoms with van der Waals surface area (Å²) in [5.74, 6) is 3.01. The van der Waals surface area contributed by atoms with Crippen LogP contribution in [-0.2, 0) is 19.5 Å². The maximum Gasteiger partial charge on any atom is 0.292 e. The Morgan fingerprint density at radius 3 is 2.48 bits per heavy atom. The molecule has 0 N–H and O–H groups in total. The Labute approximate surface area is 249 Å². The monoisotopic (exact) mass is 590 g/mol. The first-order chi connectivity index (χ1) is 20.0. The van der Waals surface area contributed by atoms with Crippen molar-refractivity contribution in [1.29, 1.82) is 0 Å². The molecule has 0 spiro atoms. The third-order valence-electron chi connectivity index (χ3n) is 8.39. The molecule has 42 heavy (non-hydrogen) atoms. The molecule has 10 nitrogen and oxygen atoms in total. The number of rotatable bonds is 6. The molecule has 1 saturated heterocycles. The molecule has 1 aromatic heterocycles. The predicted molar refractivity (Wildman–Crippen MR) is 153 cm³/mol. The number of anilines is 1. The SMILES string of the molecule is COc1cc(CN2CCN(c3ccccc3[N+](=O)[O-])CC2)c2cc3[n+](cc2c1OC)CCc1cc2c(cc1-3)OCO2.[Cl-]. The van der Waals surface area contributed by atoms with Crippen molar-refractivity contribution in [2.75, 3.05) is 52.1 Å². The Balaban J connectivity index is 0.00000316. The summed E-state index contributed by atoms with van der Waals surface area (Å²) in [6.07, 6.45) is 3.08. The number of piperazine rings is 1. The van der Waals surface area contributed by atoms with Gasteiger partial charge in [0.15, 0.2) is 35.7 Å². The van der Waals surface area contributed by atoms with E-state index in [9.17, 15) is 10.1 Å². The third-order valence-corrected chi connectivity index (χ3v) is 8.39. The highest BCUT2D eigenvalue weighted by Crippen LogP contribution is 2.43. The molecule has 1 fully saturated rings. The van der Waals surface area contributed by atoms with Gasteiger partial charge in [-0.15, -0.1) is 0 Å². The van der Waals surface area contributed by atoms with E-state index >= 15 is 0 Å². The van der Waals surface area contributed by atoms with Gasteiger partial charge in [-0.2, -0.15) is 4.57 Å². The van der Waals surface area contributed by atoms with Crippen molar-refractivity contribution in [3.63, 3.8) is 0 Å². The second kappa shape index (κ2) is 11.2. The Morgan fingerprint density at radius 1 is 0.976 bits per heavy atom. The number of halogens is 1. The standard InChI is InChI=1S/C31H31N4O6.ClH/c1-38-30-14-21(17-32-9-11-33(12-10-32)25-5-3-4-6-26(25)35(36)37)22-15-27-23-16-29-28(40-19-41-29)13-20(23)7-8-34(27)18-24(22)31(30)39-2;/h3-6,13-16,18H,7-12,17,19H2,1-2H3;1H/q+1;/p-1. The molecule has 0 unspecified atom stereocenters. The summed E-state index contributed by atoms with van der Waals surface area (Å²) in [5.41, 5.74) is 5.51. The number of nitrogens with zero attached hydrogens (tertiary/aromatic N) is 4. The number of nitro groups is 1. The van der Waals surface area contributed by atoms with Crippen molar-refractivity contribution in [3.05, 3.63) is 76.0 Å². The molecular weight excluding hydrogens is 560 g/mol. The fraction of sp³-hybridized carbons (Fsp3) is 0.323. The van der Waals surface area contributed by atoms with Crippen LogP contribution in [-0.4, -0.2) is 57.0 Å². The fourth-order valence-corrected chi connectivity index (χ4v) is 6.33. The molecule has 0 radical (unpaired) electrons. The van der Waals surface area contributed by atoms with Crippen LogP contribution < -0.4 is 40.8 Å². The van der Waals surface area contributed by atoms with Crippen molar-refractivity contribution >= 4 is 22.1 Å². The highest BCUT2D eigenvalue weighted by molar-refractivity contribution is 5.94. The van der Waals surface area contributed by atoms with E-state index in [0.717, 1.165) is 77.4 Å². The van der Waals surface area contributed by atoms with Gasteiger partial charge >= 0.3 is 0 Å². The number of aromatic nitrogens is 1. The summed E-state index contributed by atoms with van der Waals surface area (Å²) in [6.45, 7) is 4.81. The van der Waals surface area contributed by atoms with E-state index in [1.807, 2.05) is 12.1 Å². The van der Waals surface area contributed by atoms with Gasteiger partial charge in [0.1, 0.15) is 5.69 Å². The number of aryl methyl sites for hydroxylation is 2. The molecule has 0 saturated carbocycles. The van der Waals surface area contributed by atoms with Crippen LogP contribution in [0.3, 0.4) is 0 Å². The molecule has 218 valence electrons. The lowest BCUT2D eigenvalue weighted by atomic mass is 9.93. The maximum absolute atomic E-state index is 11.6. The predicted octanol–water partition coefficient (Wildman–Crippen LogP) is 1.33. The molecular formula is C31H31ClN4O6. The van der Waals surface area contributed by atoms with Crippen molar-refractivity contribution in [2.45, 2.75) is 19.5 Å². The highest BCUT2D eigenvalue weighted by atomic mass is 35.5. The summed E-state index contributed by atoms with van der Waals surface area (Å²) >= 11 is 0. The molecule has 4 heterocycles. The first-order valence-corrected chi connectivity index (χ1v) is 13.8. The van der Waals surface area contributed by atoms with E-state index in [-0.39, 0.29) is 29.8 Å². The summed E-state index contributed by atoms with van der Waals surface area (Å²) < 4.78 is 25.3. The number of pyridine rings is 1. The van der Waals surface area contributed by atoms with Crippen LogP contribution in [0.25, 0.3) is 22.0 Å². The smallest absolute Gasteiger partial charge is 0.292 e.